The van der Waals surface area contributed by atoms with Crippen LogP contribution in [-0.4, -0.2) is 66.9 Å². The summed E-state index contributed by atoms with van der Waals surface area (Å²) in [7, 11) is 5.24. The topological polar surface area (TPSA) is 124 Å². The molecule has 1 aromatic heterocycles. The molecule has 1 amide bonds. The molecule has 164 valence electrons. The minimum absolute atomic E-state index is 0.0167. The van der Waals surface area contributed by atoms with E-state index >= 15 is 0 Å². The Labute approximate surface area is 181 Å². The van der Waals surface area contributed by atoms with Crippen molar-refractivity contribution in [3.05, 3.63) is 59.2 Å². The number of aromatic nitrogens is 2. The second kappa shape index (κ2) is 10.2. The third-order valence-electron chi connectivity index (χ3n) is 5.18. The molecule has 31 heavy (non-hydrogen) atoms. The lowest BCUT2D eigenvalue weighted by Crippen LogP contribution is -2.31. The van der Waals surface area contributed by atoms with Crippen molar-refractivity contribution in [2.75, 3.05) is 34.4 Å². The van der Waals surface area contributed by atoms with Gasteiger partial charge >= 0.3 is 0 Å². The van der Waals surface area contributed by atoms with Gasteiger partial charge in [0, 0.05) is 50.8 Å². The van der Waals surface area contributed by atoms with Gasteiger partial charge in [0.15, 0.2) is 0 Å². The van der Waals surface area contributed by atoms with Crippen molar-refractivity contribution in [3.8, 4) is 0 Å². The molecular weight excluding hydrogens is 396 g/mol. The number of nitrogens with zero attached hydrogens (tertiary/aromatic N) is 3. The lowest BCUT2D eigenvalue weighted by atomic mass is 10.1. The fraction of sp³-hybridized carbons (Fsp3) is 0.409. The maximum Gasteiger partial charge on any atom is 0.241 e. The smallest absolute Gasteiger partial charge is 0.241 e. The summed E-state index contributed by atoms with van der Waals surface area (Å²) >= 11 is 0. The maximum atomic E-state index is 12.5. The van der Waals surface area contributed by atoms with Gasteiger partial charge in [-0.05, 0) is 31.2 Å². The molecule has 1 aromatic carbocycles. The van der Waals surface area contributed by atoms with E-state index in [2.05, 4.69) is 15.3 Å². The summed E-state index contributed by atoms with van der Waals surface area (Å²) in [5, 5.41) is 19.4. The molecule has 2 atom stereocenters. The van der Waals surface area contributed by atoms with E-state index < -0.39 is 0 Å². The second-order valence-corrected chi connectivity index (χ2v) is 7.52. The molecule has 1 fully saturated rings. The Balaban J connectivity index is 1.60. The average molecular weight is 425 g/mol. The zero-order chi connectivity index (χ0) is 22.4. The predicted octanol–water partition coefficient (Wildman–Crippen LogP) is 1.77. The van der Waals surface area contributed by atoms with Crippen molar-refractivity contribution >= 4 is 17.7 Å². The molecule has 9 heteroatoms. The van der Waals surface area contributed by atoms with E-state index in [1.54, 1.807) is 37.4 Å². The number of nitrogens with one attached hydrogen (secondary N) is 3. The van der Waals surface area contributed by atoms with Crippen LogP contribution in [0.3, 0.4) is 0 Å². The third kappa shape index (κ3) is 5.71. The van der Waals surface area contributed by atoms with Crippen LogP contribution in [0.15, 0.2) is 36.7 Å². The van der Waals surface area contributed by atoms with Crippen molar-refractivity contribution in [2.45, 2.75) is 18.9 Å². The quantitative estimate of drug-likeness (QED) is 0.416. The highest BCUT2D eigenvalue weighted by molar-refractivity contribution is 6.03. The predicted molar refractivity (Wildman–Crippen MR) is 116 cm³/mol. The molecule has 1 aliphatic rings. The summed E-state index contributed by atoms with van der Waals surface area (Å²) in [4.78, 5) is 22.8. The summed E-state index contributed by atoms with van der Waals surface area (Å²) in [5.74, 6) is -0.469. The zero-order valence-electron chi connectivity index (χ0n) is 18.0. The van der Waals surface area contributed by atoms with Gasteiger partial charge in [-0.3, -0.25) is 20.6 Å². The average Bonchev–Trinajstić information content (AvgIpc) is 3.58. The number of benzene rings is 1. The van der Waals surface area contributed by atoms with Crippen LogP contribution in [0.4, 0.5) is 0 Å². The molecule has 2 aromatic rings. The summed E-state index contributed by atoms with van der Waals surface area (Å²) < 4.78 is 10.4. The Bertz CT molecular complexity index is 947. The van der Waals surface area contributed by atoms with Crippen LogP contribution < -0.4 is 5.32 Å². The van der Waals surface area contributed by atoms with E-state index in [9.17, 15) is 4.79 Å². The molecule has 3 rings (SSSR count). The minimum atomic E-state index is -0.251. The van der Waals surface area contributed by atoms with Gasteiger partial charge in [0.1, 0.15) is 5.69 Å². The molecule has 0 aliphatic heterocycles. The number of hydrogen-bond donors (Lipinski definition) is 3. The number of rotatable bonds is 9. The lowest BCUT2D eigenvalue weighted by molar-refractivity contribution is -0.131. The highest BCUT2D eigenvalue weighted by Gasteiger charge is 2.46. The molecule has 9 nitrogen and oxygen atoms in total. The lowest BCUT2D eigenvalue weighted by Gasteiger charge is -2.16. The molecule has 0 spiro atoms. The van der Waals surface area contributed by atoms with Crippen molar-refractivity contribution in [1.29, 1.82) is 10.8 Å². The van der Waals surface area contributed by atoms with Crippen LogP contribution in [0, 0.1) is 16.7 Å². The van der Waals surface area contributed by atoms with Crippen LogP contribution >= 0.6 is 0 Å². The summed E-state index contributed by atoms with van der Waals surface area (Å²) in [6.45, 7) is 1.77. The van der Waals surface area contributed by atoms with Crippen LogP contribution in [0.2, 0.25) is 0 Å². The highest BCUT2D eigenvalue weighted by atomic mass is 16.5. The number of hydrogen-bond acceptors (Lipinski definition) is 8. The molecule has 0 saturated heterocycles. The summed E-state index contributed by atoms with van der Waals surface area (Å²) in [5.41, 5.74) is 2.56. The zero-order valence-corrected chi connectivity index (χ0v) is 18.0. The van der Waals surface area contributed by atoms with Crippen molar-refractivity contribution in [1.82, 2.24) is 20.2 Å². The van der Waals surface area contributed by atoms with Crippen molar-refractivity contribution in [3.63, 3.8) is 0 Å². The van der Waals surface area contributed by atoms with E-state index in [4.69, 9.17) is 20.3 Å². The Morgan fingerprint density at radius 3 is 2.65 bits per heavy atom. The second-order valence-electron chi connectivity index (χ2n) is 7.52. The molecule has 1 saturated carbocycles. The first-order chi connectivity index (χ1) is 14.9. The fourth-order valence-corrected chi connectivity index (χ4v) is 3.28. The Hall–Kier alpha value is -3.17. The minimum Gasteiger partial charge on any atom is -0.419 e. The number of amides is 1. The van der Waals surface area contributed by atoms with Crippen LogP contribution in [-0.2, 0) is 20.8 Å². The van der Waals surface area contributed by atoms with Gasteiger partial charge in [0.2, 0.25) is 17.7 Å². The Morgan fingerprint density at radius 1 is 1.23 bits per heavy atom. The maximum absolute atomic E-state index is 12.5. The molecule has 3 N–H and O–H groups in total. The van der Waals surface area contributed by atoms with E-state index in [1.165, 1.54) is 6.20 Å². The van der Waals surface area contributed by atoms with E-state index in [0.717, 1.165) is 12.1 Å². The Kier molecular flexibility index (Phi) is 7.43. The van der Waals surface area contributed by atoms with Gasteiger partial charge in [0.25, 0.3) is 0 Å². The number of likely N-dealkylation sites (N-methyl/N-ethyl adjacent to an activating group) is 1. The largest absolute Gasteiger partial charge is 0.419 e. The Morgan fingerprint density at radius 2 is 1.97 bits per heavy atom. The first-order valence-electron chi connectivity index (χ1n) is 10.1. The van der Waals surface area contributed by atoms with Gasteiger partial charge in [-0.25, -0.2) is 4.98 Å². The fourth-order valence-electron chi connectivity index (χ4n) is 3.28. The molecule has 2 unspecified atom stereocenters. The SMILES string of the molecule is CNCc1ccc(C(=N)OC(=N)c2cncc(C3CC3C(=O)N(C)CCOC)n2)cc1. The third-order valence-corrected chi connectivity index (χ3v) is 5.18. The molecule has 1 heterocycles. The monoisotopic (exact) mass is 424 g/mol. The number of ether oxygens (including phenoxy) is 2. The van der Waals surface area contributed by atoms with E-state index in [-0.39, 0.29) is 35.2 Å². The van der Waals surface area contributed by atoms with Crippen LogP contribution in [0.25, 0.3) is 0 Å². The van der Waals surface area contributed by atoms with E-state index in [0.29, 0.717) is 30.8 Å². The normalized spacial score (nSPS) is 17.1. The van der Waals surface area contributed by atoms with Crippen molar-refractivity contribution < 1.29 is 14.3 Å². The first kappa shape index (κ1) is 22.5. The van der Waals surface area contributed by atoms with Gasteiger partial charge in [-0.15, -0.1) is 0 Å². The first-order valence-corrected chi connectivity index (χ1v) is 10.1. The number of carbonyl (C=O) groups excluding carboxylic acids is 1. The number of carbonyl (C=O) groups is 1. The van der Waals surface area contributed by atoms with Gasteiger partial charge in [0.05, 0.1) is 18.5 Å². The molecule has 0 radical (unpaired) electrons. The summed E-state index contributed by atoms with van der Waals surface area (Å²) in [6.07, 6.45) is 3.76. The van der Waals surface area contributed by atoms with Crippen LogP contribution in [0.5, 0.6) is 0 Å². The van der Waals surface area contributed by atoms with Gasteiger partial charge < -0.3 is 19.7 Å². The summed E-state index contributed by atoms with van der Waals surface area (Å²) in [6, 6.07) is 7.37. The molecule has 1 aliphatic carbocycles. The standard InChI is InChI=1S/C22H28N6O3/c1-25-11-14-4-6-15(7-5-14)20(23)31-21(24)19-13-26-12-18(27-19)16-10-17(16)22(29)28(2)8-9-30-3/h4-7,12-13,16-17,23-25H,8-11H2,1-3H3. The number of methoxy groups -OCH3 is 1. The molecular formula is C22H28N6O3. The van der Waals surface area contributed by atoms with Gasteiger partial charge in [-0.2, -0.15) is 0 Å². The van der Waals surface area contributed by atoms with Crippen LogP contribution in [0.1, 0.15) is 34.9 Å². The van der Waals surface area contributed by atoms with Crippen molar-refractivity contribution in [2.24, 2.45) is 5.92 Å². The van der Waals surface area contributed by atoms with E-state index in [1.807, 2.05) is 19.2 Å². The van der Waals surface area contributed by atoms with Gasteiger partial charge in [-0.1, -0.05) is 12.1 Å². The highest BCUT2D eigenvalue weighted by Crippen LogP contribution is 2.47. The molecule has 0 bridgehead atoms.